The molecule has 2 aliphatic rings. The van der Waals surface area contributed by atoms with Crippen LogP contribution in [0.25, 0.3) is 22.4 Å². The fraction of sp³-hybridized carbons (Fsp3) is 0.273. The Balaban J connectivity index is 1.23. The van der Waals surface area contributed by atoms with Gasteiger partial charge in [0.05, 0.1) is 0 Å². The summed E-state index contributed by atoms with van der Waals surface area (Å²) in [6.07, 6.45) is 11.3. The van der Waals surface area contributed by atoms with Crippen molar-refractivity contribution in [3.8, 4) is 0 Å². The first-order valence-electron chi connectivity index (χ1n) is 16.7. The molecule has 0 aromatic heterocycles. The fourth-order valence-electron chi connectivity index (χ4n) is 7.52. The topological polar surface area (TPSA) is 3.24 Å². The Kier molecular flexibility index (Phi) is 7.74. The van der Waals surface area contributed by atoms with Crippen LogP contribution in [0, 0.1) is 11.3 Å². The van der Waals surface area contributed by atoms with E-state index in [0.29, 0.717) is 11.8 Å². The first kappa shape index (κ1) is 29.4. The van der Waals surface area contributed by atoms with Crippen molar-refractivity contribution >= 4 is 39.5 Å². The van der Waals surface area contributed by atoms with Crippen molar-refractivity contribution in [2.75, 3.05) is 4.90 Å². The van der Waals surface area contributed by atoms with Crippen molar-refractivity contribution in [3.05, 3.63) is 149 Å². The van der Waals surface area contributed by atoms with Gasteiger partial charge < -0.3 is 4.90 Å². The van der Waals surface area contributed by atoms with Crippen LogP contribution in [0.2, 0.25) is 0 Å². The molecule has 7 rings (SSSR count). The quantitative estimate of drug-likeness (QED) is 0.174. The van der Waals surface area contributed by atoms with Crippen LogP contribution < -0.4 is 4.90 Å². The van der Waals surface area contributed by atoms with Crippen molar-refractivity contribution in [2.45, 2.75) is 66.2 Å². The molecule has 1 atom stereocenters. The van der Waals surface area contributed by atoms with E-state index in [1.807, 2.05) is 0 Å². The Morgan fingerprint density at radius 2 is 1.31 bits per heavy atom. The molecule has 0 fully saturated rings. The summed E-state index contributed by atoms with van der Waals surface area (Å²) in [6.45, 7) is 11.8. The minimum absolute atomic E-state index is 0.111. The van der Waals surface area contributed by atoms with Crippen LogP contribution in [0.15, 0.2) is 115 Å². The highest BCUT2D eigenvalue weighted by Crippen LogP contribution is 2.46. The fourth-order valence-corrected chi connectivity index (χ4v) is 7.52. The molecule has 0 saturated heterocycles. The first-order chi connectivity index (χ1) is 21.8. The van der Waals surface area contributed by atoms with Crippen LogP contribution in [0.4, 0.5) is 17.1 Å². The average Bonchev–Trinajstić information content (AvgIpc) is 3.04. The number of rotatable bonds is 8. The number of nitrogens with zero attached hydrogens (tertiary/aromatic N) is 1. The predicted molar refractivity (Wildman–Crippen MR) is 195 cm³/mol. The normalized spacial score (nSPS) is 14.5. The highest BCUT2D eigenvalue weighted by Gasteiger charge is 2.30. The van der Waals surface area contributed by atoms with Crippen molar-refractivity contribution in [1.29, 1.82) is 0 Å². The molecule has 0 saturated carbocycles. The van der Waals surface area contributed by atoms with Crippen molar-refractivity contribution in [2.24, 2.45) is 11.3 Å². The van der Waals surface area contributed by atoms with E-state index in [4.69, 9.17) is 0 Å². The molecule has 1 nitrogen and oxygen atoms in total. The molecule has 2 aliphatic carbocycles. The lowest BCUT2D eigenvalue weighted by molar-refractivity contribution is 0.319. The Bertz CT molecular complexity index is 1880. The molecule has 0 aliphatic heterocycles. The second kappa shape index (κ2) is 11.9. The molecule has 0 N–H and O–H groups in total. The number of hydrogen-bond acceptors (Lipinski definition) is 1. The highest BCUT2D eigenvalue weighted by atomic mass is 15.1. The predicted octanol–water partition coefficient (Wildman–Crippen LogP) is 12.2. The van der Waals surface area contributed by atoms with E-state index < -0.39 is 0 Å². The van der Waals surface area contributed by atoms with Gasteiger partial charge in [-0.2, -0.15) is 0 Å². The summed E-state index contributed by atoms with van der Waals surface area (Å²) >= 11 is 0. The van der Waals surface area contributed by atoms with Gasteiger partial charge in [0.2, 0.25) is 0 Å². The Morgan fingerprint density at radius 3 is 1.96 bits per heavy atom. The van der Waals surface area contributed by atoms with Crippen LogP contribution in [0.3, 0.4) is 0 Å². The molecule has 45 heavy (non-hydrogen) atoms. The second-order valence-electron chi connectivity index (χ2n) is 14.5. The highest BCUT2D eigenvalue weighted by molar-refractivity contribution is 6.04. The lowest BCUT2D eigenvalue weighted by Gasteiger charge is -2.34. The van der Waals surface area contributed by atoms with Gasteiger partial charge in [-0.3, -0.25) is 0 Å². The maximum atomic E-state index is 2.45. The third-order valence-corrected chi connectivity index (χ3v) is 9.77. The van der Waals surface area contributed by atoms with Gasteiger partial charge in [-0.15, -0.1) is 0 Å². The molecule has 1 heteroatoms. The van der Waals surface area contributed by atoms with Crippen LogP contribution >= 0.6 is 0 Å². The summed E-state index contributed by atoms with van der Waals surface area (Å²) < 4.78 is 0. The van der Waals surface area contributed by atoms with Crippen LogP contribution in [-0.4, -0.2) is 0 Å². The molecule has 0 bridgehead atoms. The molecule has 0 heterocycles. The van der Waals surface area contributed by atoms with Gasteiger partial charge in [-0.25, -0.2) is 0 Å². The number of allylic oxidation sites excluding steroid dienone is 3. The molecule has 0 amide bonds. The first-order valence-corrected chi connectivity index (χ1v) is 16.7. The summed E-state index contributed by atoms with van der Waals surface area (Å²) in [5.41, 5.74) is 13.7. The standard InChI is InChI=1S/C44H45N/c1-30(2)28-31-14-22-37(23-15-31)45(36-12-7-6-8-13-36)38-24-16-32(17-25-38)29-41(44(3,4)5)39-26-20-35-19-18-33-10-9-11-34-21-27-40(39)43(35)42(33)34/h6-9,11-18,20-27,30,41H,10,19,28-29H2,1-5H3. The van der Waals surface area contributed by atoms with E-state index in [2.05, 4.69) is 161 Å². The van der Waals surface area contributed by atoms with Gasteiger partial charge in [0.1, 0.15) is 0 Å². The summed E-state index contributed by atoms with van der Waals surface area (Å²) in [5.74, 6) is 1.04. The third-order valence-electron chi connectivity index (χ3n) is 9.77. The van der Waals surface area contributed by atoms with Gasteiger partial charge >= 0.3 is 0 Å². The van der Waals surface area contributed by atoms with Gasteiger partial charge in [-0.05, 0) is 129 Å². The average molecular weight is 588 g/mol. The molecule has 5 aromatic carbocycles. The molecule has 1 unspecified atom stereocenters. The van der Waals surface area contributed by atoms with Gasteiger partial charge in [-0.1, -0.05) is 120 Å². The zero-order valence-corrected chi connectivity index (χ0v) is 27.5. The summed E-state index contributed by atoms with van der Waals surface area (Å²) in [5, 5.41) is 2.94. The lowest BCUT2D eigenvalue weighted by Crippen LogP contribution is -2.21. The number of benzene rings is 5. The second-order valence-corrected chi connectivity index (χ2v) is 14.5. The number of hydrogen-bond donors (Lipinski definition) is 0. The summed E-state index contributed by atoms with van der Waals surface area (Å²) in [7, 11) is 0. The van der Waals surface area contributed by atoms with Gasteiger partial charge in [0, 0.05) is 17.1 Å². The van der Waals surface area contributed by atoms with E-state index in [-0.39, 0.29) is 5.41 Å². The molecule has 226 valence electrons. The largest absolute Gasteiger partial charge is 0.311 e. The smallest absolute Gasteiger partial charge is 0.0461 e. The Morgan fingerprint density at radius 1 is 0.667 bits per heavy atom. The monoisotopic (exact) mass is 587 g/mol. The molecule has 0 spiro atoms. The minimum Gasteiger partial charge on any atom is -0.311 e. The SMILES string of the molecule is CC(C)Cc1ccc(N(c2ccccc2)c2ccc(CC(c3ccc4c5c6c(ccc35)C=CCC6=CC4)C(C)(C)C)cc2)cc1. The lowest BCUT2D eigenvalue weighted by atomic mass is 9.70. The summed E-state index contributed by atoms with van der Waals surface area (Å²) in [4.78, 5) is 2.37. The maximum absolute atomic E-state index is 2.45. The van der Waals surface area contributed by atoms with E-state index >= 15 is 0 Å². The van der Waals surface area contributed by atoms with Gasteiger partial charge in [0.15, 0.2) is 0 Å². The van der Waals surface area contributed by atoms with E-state index in [1.54, 1.807) is 0 Å². The molecule has 0 radical (unpaired) electrons. The van der Waals surface area contributed by atoms with E-state index in [1.165, 1.54) is 66.8 Å². The van der Waals surface area contributed by atoms with Crippen molar-refractivity contribution in [3.63, 3.8) is 0 Å². The van der Waals surface area contributed by atoms with Crippen LogP contribution in [0.5, 0.6) is 0 Å². The molecular weight excluding hydrogens is 542 g/mol. The molecule has 5 aromatic rings. The van der Waals surface area contributed by atoms with Crippen LogP contribution in [-0.2, 0) is 19.3 Å². The third kappa shape index (κ3) is 5.77. The Hall–Kier alpha value is -4.36. The van der Waals surface area contributed by atoms with E-state index in [0.717, 1.165) is 25.7 Å². The van der Waals surface area contributed by atoms with Crippen LogP contribution in [0.1, 0.15) is 80.3 Å². The van der Waals surface area contributed by atoms with E-state index in [9.17, 15) is 0 Å². The van der Waals surface area contributed by atoms with Gasteiger partial charge in [0.25, 0.3) is 0 Å². The molecular formula is C44H45N. The number of para-hydroxylation sites is 1. The maximum Gasteiger partial charge on any atom is 0.0461 e. The summed E-state index contributed by atoms with van der Waals surface area (Å²) in [6, 6.07) is 38.8. The zero-order valence-electron chi connectivity index (χ0n) is 27.5. The number of anilines is 3. The van der Waals surface area contributed by atoms with Crippen molar-refractivity contribution in [1.82, 2.24) is 0 Å². The minimum atomic E-state index is 0.111. The Labute approximate surface area is 269 Å². The zero-order chi connectivity index (χ0) is 31.1. The van der Waals surface area contributed by atoms with Crippen molar-refractivity contribution < 1.29 is 0 Å².